The molecule has 37 heavy (non-hydrogen) atoms. The van der Waals surface area contributed by atoms with Crippen LogP contribution in [0.25, 0.3) is 22.3 Å². The number of fused-ring (bicyclic) bond motifs is 3. The van der Waals surface area contributed by atoms with Crippen molar-refractivity contribution < 1.29 is 4.74 Å². The van der Waals surface area contributed by atoms with Crippen LogP contribution >= 0.6 is 0 Å². The van der Waals surface area contributed by atoms with Crippen LogP contribution in [-0.4, -0.2) is 16.7 Å². The normalized spacial score (nSPS) is 12.3. The molecule has 1 aliphatic heterocycles. The molecule has 0 atom stereocenters. The first-order valence-corrected chi connectivity index (χ1v) is 12.8. The largest absolute Gasteiger partial charge is 0.439 e. The van der Waals surface area contributed by atoms with Crippen molar-refractivity contribution in [2.24, 2.45) is 0 Å². The Morgan fingerprint density at radius 1 is 0.676 bits per heavy atom. The molecule has 2 aromatic heterocycles. The monoisotopic (exact) mass is 480 g/mol. The van der Waals surface area contributed by atoms with Gasteiger partial charge in [-0.15, -0.1) is 0 Å². The Morgan fingerprint density at radius 2 is 1.46 bits per heavy atom. The molecule has 180 valence electrons. The number of ether oxygens (including phenoxy) is 1. The third-order valence-electron chi connectivity index (χ3n) is 7.15. The lowest BCUT2D eigenvalue weighted by Gasteiger charge is -2.19. The third kappa shape index (κ3) is 4.44. The third-order valence-corrected chi connectivity index (χ3v) is 7.15. The Labute approximate surface area is 219 Å². The van der Waals surface area contributed by atoms with Gasteiger partial charge in [0.05, 0.1) is 0 Å². The lowest BCUT2D eigenvalue weighted by Crippen LogP contribution is -2.50. The number of aromatic nitrogens is 2. The summed E-state index contributed by atoms with van der Waals surface area (Å²) in [5, 5.41) is 0. The molecule has 0 saturated carbocycles. The molecule has 0 amide bonds. The molecule has 0 spiro atoms. The highest BCUT2D eigenvalue weighted by molar-refractivity contribution is 6.98. The van der Waals surface area contributed by atoms with Gasteiger partial charge in [0.15, 0.2) is 0 Å². The van der Waals surface area contributed by atoms with E-state index in [-0.39, 0.29) is 12.1 Å². The molecule has 0 N–H and O–H groups in total. The van der Waals surface area contributed by atoms with Gasteiger partial charge in [0, 0.05) is 24.1 Å². The molecule has 3 heterocycles. The van der Waals surface area contributed by atoms with Crippen LogP contribution in [0.15, 0.2) is 103 Å². The minimum atomic E-state index is 0.0353. The average molecular weight is 480 g/mol. The fourth-order valence-electron chi connectivity index (χ4n) is 5.22. The SMILES string of the molecule is Cc1ccnc(B2c3ccccc3-c3ccc(-c4cccc(Oc5cc(C(C)(C)C)ccn5)c4)cc32)c1. The van der Waals surface area contributed by atoms with Crippen molar-refractivity contribution in [2.75, 3.05) is 0 Å². The molecule has 5 aromatic rings. The number of hydrogen-bond acceptors (Lipinski definition) is 3. The van der Waals surface area contributed by atoms with Crippen LogP contribution in [-0.2, 0) is 5.41 Å². The van der Waals surface area contributed by atoms with Crippen molar-refractivity contribution in [3.8, 4) is 33.9 Å². The highest BCUT2D eigenvalue weighted by Crippen LogP contribution is 2.31. The second-order valence-electron chi connectivity index (χ2n) is 10.8. The van der Waals surface area contributed by atoms with Crippen LogP contribution in [0, 0.1) is 6.92 Å². The number of hydrogen-bond donors (Lipinski definition) is 0. The van der Waals surface area contributed by atoms with Gasteiger partial charge in [-0.1, -0.05) is 86.3 Å². The Balaban J connectivity index is 1.38. The summed E-state index contributed by atoms with van der Waals surface area (Å²) in [4.78, 5) is 9.22. The summed E-state index contributed by atoms with van der Waals surface area (Å²) >= 11 is 0. The maximum Gasteiger partial charge on any atom is 0.266 e. The summed E-state index contributed by atoms with van der Waals surface area (Å²) in [6.45, 7) is 8.82. The van der Waals surface area contributed by atoms with Crippen LogP contribution in [0.2, 0.25) is 0 Å². The topological polar surface area (TPSA) is 35.0 Å². The molecule has 3 nitrogen and oxygen atoms in total. The average Bonchev–Trinajstić information content (AvgIpc) is 3.22. The van der Waals surface area contributed by atoms with E-state index >= 15 is 0 Å². The number of benzene rings is 3. The molecule has 0 saturated heterocycles. The van der Waals surface area contributed by atoms with Gasteiger partial charge >= 0.3 is 0 Å². The van der Waals surface area contributed by atoms with Gasteiger partial charge in [-0.05, 0) is 76.1 Å². The number of aryl methyl sites for hydroxylation is 1. The van der Waals surface area contributed by atoms with E-state index in [4.69, 9.17) is 9.72 Å². The zero-order valence-corrected chi connectivity index (χ0v) is 21.7. The zero-order chi connectivity index (χ0) is 25.6. The molecule has 0 bridgehead atoms. The van der Waals surface area contributed by atoms with Crippen molar-refractivity contribution in [3.63, 3.8) is 0 Å². The van der Waals surface area contributed by atoms with Gasteiger partial charge in [0.2, 0.25) is 5.88 Å². The molecule has 0 fully saturated rings. The van der Waals surface area contributed by atoms with Crippen LogP contribution in [0.1, 0.15) is 31.9 Å². The first-order valence-electron chi connectivity index (χ1n) is 12.8. The van der Waals surface area contributed by atoms with Crippen molar-refractivity contribution in [2.45, 2.75) is 33.1 Å². The van der Waals surface area contributed by atoms with E-state index in [0.717, 1.165) is 22.5 Å². The van der Waals surface area contributed by atoms with Crippen molar-refractivity contribution in [1.29, 1.82) is 0 Å². The van der Waals surface area contributed by atoms with Gasteiger partial charge in [0.1, 0.15) is 5.75 Å². The fourth-order valence-corrected chi connectivity index (χ4v) is 5.22. The highest BCUT2D eigenvalue weighted by atomic mass is 16.5. The van der Waals surface area contributed by atoms with Crippen LogP contribution in [0.4, 0.5) is 0 Å². The molecular formula is C33H29BN2O. The smallest absolute Gasteiger partial charge is 0.266 e. The molecule has 0 unspecified atom stereocenters. The summed E-state index contributed by atoms with van der Waals surface area (Å²) in [7, 11) is 0. The summed E-state index contributed by atoms with van der Waals surface area (Å²) < 4.78 is 6.20. The van der Waals surface area contributed by atoms with Crippen LogP contribution < -0.4 is 21.3 Å². The van der Waals surface area contributed by atoms with E-state index in [1.54, 1.807) is 0 Å². The number of nitrogens with zero attached hydrogens (tertiary/aromatic N) is 2. The van der Waals surface area contributed by atoms with E-state index in [9.17, 15) is 0 Å². The first kappa shape index (κ1) is 23.2. The Hall–Kier alpha value is -4.18. The maximum atomic E-state index is 6.20. The molecule has 0 aliphatic carbocycles. The van der Waals surface area contributed by atoms with E-state index < -0.39 is 0 Å². The van der Waals surface area contributed by atoms with E-state index in [2.05, 4.69) is 99.4 Å². The molecule has 4 heteroatoms. The van der Waals surface area contributed by atoms with Gasteiger partial charge in [0.25, 0.3) is 6.71 Å². The maximum absolute atomic E-state index is 6.20. The summed E-state index contributed by atoms with van der Waals surface area (Å²) in [5.41, 5.74) is 11.0. The quantitative estimate of drug-likeness (QED) is 0.289. The lowest BCUT2D eigenvalue weighted by atomic mass is 9.40. The highest BCUT2D eigenvalue weighted by Gasteiger charge is 2.34. The van der Waals surface area contributed by atoms with E-state index in [0.29, 0.717) is 5.88 Å². The van der Waals surface area contributed by atoms with E-state index in [1.807, 2.05) is 36.7 Å². The van der Waals surface area contributed by atoms with Gasteiger partial charge in [-0.3, -0.25) is 4.98 Å². The minimum absolute atomic E-state index is 0.0353. The predicted octanol–water partition coefficient (Wildman–Crippen LogP) is 6.04. The molecular weight excluding hydrogens is 451 g/mol. The molecule has 3 aromatic carbocycles. The second-order valence-corrected chi connectivity index (χ2v) is 10.8. The van der Waals surface area contributed by atoms with Crippen molar-refractivity contribution in [1.82, 2.24) is 9.97 Å². The molecule has 6 rings (SSSR count). The van der Waals surface area contributed by atoms with Crippen molar-refractivity contribution in [3.05, 3.63) is 115 Å². The van der Waals surface area contributed by atoms with Crippen LogP contribution in [0.5, 0.6) is 11.6 Å². The Bertz CT molecular complexity index is 1620. The lowest BCUT2D eigenvalue weighted by molar-refractivity contribution is 0.459. The van der Waals surface area contributed by atoms with Gasteiger partial charge in [-0.25, -0.2) is 4.98 Å². The summed E-state index contributed by atoms with van der Waals surface area (Å²) in [5.74, 6) is 1.39. The standard InChI is InChI=1S/C33H29BN2O/c1-22-14-16-35-31(18-22)34-29-11-6-5-10-27(29)28-13-12-24(20-30(28)34)23-8-7-9-26(19-23)37-32-21-25(15-17-36-32)33(2,3)4/h5-21H,1-4H3. The van der Waals surface area contributed by atoms with E-state index in [1.165, 1.54) is 33.2 Å². The van der Waals surface area contributed by atoms with Crippen molar-refractivity contribution >= 4 is 23.2 Å². The zero-order valence-electron chi connectivity index (χ0n) is 21.7. The first-order chi connectivity index (χ1) is 17.9. The summed E-state index contributed by atoms with van der Waals surface area (Å²) in [6, 6.07) is 32.1. The fraction of sp³-hybridized carbons (Fsp3) is 0.152. The summed E-state index contributed by atoms with van der Waals surface area (Å²) in [6.07, 6.45) is 3.73. The second kappa shape index (κ2) is 9.04. The molecule has 0 radical (unpaired) electrons. The predicted molar refractivity (Wildman–Crippen MR) is 154 cm³/mol. The minimum Gasteiger partial charge on any atom is -0.439 e. The Morgan fingerprint density at radius 3 is 2.30 bits per heavy atom. The van der Waals surface area contributed by atoms with Gasteiger partial charge < -0.3 is 4.74 Å². The number of rotatable bonds is 4. The number of pyridine rings is 2. The Kier molecular flexibility index (Phi) is 5.68. The molecule has 1 aliphatic rings. The van der Waals surface area contributed by atoms with Crippen LogP contribution in [0.3, 0.4) is 0 Å². The van der Waals surface area contributed by atoms with Gasteiger partial charge in [-0.2, -0.15) is 0 Å².